The number of halogens is 1. The highest BCUT2D eigenvalue weighted by molar-refractivity contribution is 6.31. The minimum absolute atomic E-state index is 0.409. The van der Waals surface area contributed by atoms with Crippen LogP contribution in [0.2, 0.25) is 5.02 Å². The highest BCUT2D eigenvalue weighted by atomic mass is 35.5. The molecule has 7 heteroatoms. The molecule has 27 heavy (non-hydrogen) atoms. The second-order valence-electron chi connectivity index (χ2n) is 5.93. The number of aryl methyl sites for hydroxylation is 2. The van der Waals surface area contributed by atoms with E-state index in [1.165, 1.54) is 0 Å². The Morgan fingerprint density at radius 3 is 2.56 bits per heavy atom. The summed E-state index contributed by atoms with van der Waals surface area (Å²) in [4.78, 5) is 8.92. The first-order valence-corrected chi connectivity index (χ1v) is 8.61. The van der Waals surface area contributed by atoms with E-state index < -0.39 is 0 Å². The summed E-state index contributed by atoms with van der Waals surface area (Å²) in [5, 5.41) is 16.2. The lowest BCUT2D eigenvalue weighted by molar-refractivity contribution is 0.416. The van der Waals surface area contributed by atoms with Crippen LogP contribution in [-0.2, 0) is 0 Å². The van der Waals surface area contributed by atoms with Crippen molar-refractivity contribution in [1.29, 1.82) is 5.26 Å². The number of hydrogen-bond acceptors (Lipinski definition) is 6. The van der Waals surface area contributed by atoms with E-state index in [0.29, 0.717) is 39.5 Å². The molecular formula is C20H18ClN5O. The maximum absolute atomic E-state index is 9.25. The summed E-state index contributed by atoms with van der Waals surface area (Å²) in [6, 6.07) is 14.8. The molecule has 0 unspecified atom stereocenters. The topological polar surface area (TPSA) is 82.9 Å². The van der Waals surface area contributed by atoms with Crippen LogP contribution >= 0.6 is 11.6 Å². The predicted molar refractivity (Wildman–Crippen MR) is 107 cm³/mol. The molecule has 0 fully saturated rings. The van der Waals surface area contributed by atoms with Crippen LogP contribution in [0.1, 0.15) is 16.8 Å². The van der Waals surface area contributed by atoms with Crippen LogP contribution in [0.5, 0.6) is 5.75 Å². The zero-order chi connectivity index (χ0) is 19.4. The van der Waals surface area contributed by atoms with Gasteiger partial charge in [0.1, 0.15) is 17.6 Å². The standard InChI is InChI=1S/C20H18ClN5O/c1-12-8-17(18(27-3)10-15(12)21)25-20-23-13(2)9-19(26-20)24-16-7-5-4-6-14(16)11-22/h4-10H,1-3H3,(H2,23,24,25,26). The lowest BCUT2D eigenvalue weighted by atomic mass is 10.2. The van der Waals surface area contributed by atoms with E-state index in [2.05, 4.69) is 26.7 Å². The van der Waals surface area contributed by atoms with E-state index in [1.54, 1.807) is 19.2 Å². The summed E-state index contributed by atoms with van der Waals surface area (Å²) in [6.07, 6.45) is 0. The van der Waals surface area contributed by atoms with Crippen molar-refractivity contribution in [2.75, 3.05) is 17.7 Å². The van der Waals surface area contributed by atoms with Crippen LogP contribution in [0.25, 0.3) is 0 Å². The smallest absolute Gasteiger partial charge is 0.229 e. The van der Waals surface area contributed by atoms with E-state index in [9.17, 15) is 5.26 Å². The SMILES string of the molecule is COc1cc(Cl)c(C)cc1Nc1nc(C)cc(Nc2ccccc2C#N)n1. The van der Waals surface area contributed by atoms with Crippen molar-refractivity contribution in [3.05, 3.63) is 64.3 Å². The van der Waals surface area contributed by atoms with Crippen molar-refractivity contribution in [2.24, 2.45) is 0 Å². The maximum atomic E-state index is 9.25. The van der Waals surface area contributed by atoms with Crippen LogP contribution < -0.4 is 15.4 Å². The molecule has 1 aromatic heterocycles. The highest BCUT2D eigenvalue weighted by Gasteiger charge is 2.11. The Morgan fingerprint density at radius 2 is 1.81 bits per heavy atom. The third-order valence-electron chi connectivity index (χ3n) is 3.89. The van der Waals surface area contributed by atoms with Gasteiger partial charge in [-0.1, -0.05) is 23.7 Å². The molecule has 3 aromatic rings. The number of hydrogen-bond donors (Lipinski definition) is 2. The van der Waals surface area contributed by atoms with Gasteiger partial charge in [0.15, 0.2) is 0 Å². The zero-order valence-corrected chi connectivity index (χ0v) is 15.9. The van der Waals surface area contributed by atoms with Gasteiger partial charge in [0.05, 0.1) is 24.0 Å². The van der Waals surface area contributed by atoms with E-state index in [-0.39, 0.29) is 0 Å². The third-order valence-corrected chi connectivity index (χ3v) is 4.30. The van der Waals surface area contributed by atoms with Crippen molar-refractivity contribution >= 4 is 34.7 Å². The monoisotopic (exact) mass is 379 g/mol. The van der Waals surface area contributed by atoms with Crippen LogP contribution in [0.15, 0.2) is 42.5 Å². The molecular weight excluding hydrogens is 362 g/mol. The summed E-state index contributed by atoms with van der Waals surface area (Å²) in [5.41, 5.74) is 3.62. The molecule has 0 amide bonds. The first kappa shape index (κ1) is 18.5. The van der Waals surface area contributed by atoms with E-state index in [0.717, 1.165) is 11.3 Å². The molecule has 0 saturated heterocycles. The van der Waals surface area contributed by atoms with E-state index in [1.807, 2.05) is 44.2 Å². The number of para-hydroxylation sites is 1. The molecule has 2 N–H and O–H groups in total. The molecule has 0 spiro atoms. The number of nitrogens with one attached hydrogen (secondary N) is 2. The molecule has 3 rings (SSSR count). The fourth-order valence-electron chi connectivity index (χ4n) is 2.57. The largest absolute Gasteiger partial charge is 0.495 e. The Hall–Kier alpha value is -3.30. The minimum Gasteiger partial charge on any atom is -0.495 e. The summed E-state index contributed by atoms with van der Waals surface area (Å²) in [5.74, 6) is 1.59. The van der Waals surface area contributed by atoms with Gasteiger partial charge in [-0.15, -0.1) is 0 Å². The zero-order valence-electron chi connectivity index (χ0n) is 15.2. The van der Waals surface area contributed by atoms with Crippen molar-refractivity contribution < 1.29 is 4.74 Å². The summed E-state index contributed by atoms with van der Waals surface area (Å²) < 4.78 is 5.39. The van der Waals surface area contributed by atoms with Crippen LogP contribution in [-0.4, -0.2) is 17.1 Å². The molecule has 0 aliphatic carbocycles. The first-order chi connectivity index (χ1) is 13.0. The van der Waals surface area contributed by atoms with Crippen molar-refractivity contribution in [3.63, 3.8) is 0 Å². The van der Waals surface area contributed by atoms with Crippen molar-refractivity contribution in [1.82, 2.24) is 9.97 Å². The number of nitriles is 1. The highest BCUT2D eigenvalue weighted by Crippen LogP contribution is 2.32. The molecule has 0 aliphatic rings. The Bertz CT molecular complexity index is 1030. The quantitative estimate of drug-likeness (QED) is 0.640. The molecule has 136 valence electrons. The predicted octanol–water partition coefficient (Wildman–Crippen LogP) is 5.11. The average Bonchev–Trinajstić information content (AvgIpc) is 2.64. The van der Waals surface area contributed by atoms with E-state index in [4.69, 9.17) is 16.3 Å². The van der Waals surface area contributed by atoms with Gasteiger partial charge in [-0.2, -0.15) is 10.2 Å². The van der Waals surface area contributed by atoms with Crippen LogP contribution in [0, 0.1) is 25.2 Å². The maximum Gasteiger partial charge on any atom is 0.229 e. The number of anilines is 4. The second kappa shape index (κ2) is 7.94. The number of ether oxygens (including phenoxy) is 1. The lowest BCUT2D eigenvalue weighted by Crippen LogP contribution is -2.04. The van der Waals surface area contributed by atoms with Crippen molar-refractivity contribution in [2.45, 2.75) is 13.8 Å². The van der Waals surface area contributed by atoms with Gasteiger partial charge in [0.25, 0.3) is 0 Å². The molecule has 0 atom stereocenters. The molecule has 0 saturated carbocycles. The Kier molecular flexibility index (Phi) is 5.43. The molecule has 6 nitrogen and oxygen atoms in total. The number of benzene rings is 2. The van der Waals surface area contributed by atoms with Gasteiger partial charge < -0.3 is 15.4 Å². The molecule has 0 radical (unpaired) electrons. The lowest BCUT2D eigenvalue weighted by Gasteiger charge is -2.14. The fourth-order valence-corrected chi connectivity index (χ4v) is 2.72. The van der Waals surface area contributed by atoms with Gasteiger partial charge in [0.2, 0.25) is 5.95 Å². The summed E-state index contributed by atoms with van der Waals surface area (Å²) >= 11 is 6.16. The van der Waals surface area contributed by atoms with Crippen LogP contribution in [0.3, 0.4) is 0 Å². The Morgan fingerprint density at radius 1 is 1.04 bits per heavy atom. The number of rotatable bonds is 5. The Balaban J connectivity index is 1.93. The minimum atomic E-state index is 0.409. The van der Waals surface area contributed by atoms with Crippen LogP contribution in [0.4, 0.5) is 23.1 Å². The molecule has 2 aromatic carbocycles. The van der Waals surface area contributed by atoms with Gasteiger partial charge in [-0.3, -0.25) is 0 Å². The second-order valence-corrected chi connectivity index (χ2v) is 6.33. The normalized spacial score (nSPS) is 10.2. The molecule has 1 heterocycles. The summed E-state index contributed by atoms with van der Waals surface area (Å²) in [7, 11) is 1.58. The van der Waals surface area contributed by atoms with Gasteiger partial charge >= 0.3 is 0 Å². The fraction of sp³-hybridized carbons (Fsp3) is 0.150. The van der Waals surface area contributed by atoms with Crippen molar-refractivity contribution in [3.8, 4) is 11.8 Å². The van der Waals surface area contributed by atoms with Gasteiger partial charge in [-0.25, -0.2) is 4.98 Å². The number of methoxy groups -OCH3 is 1. The molecule has 0 aliphatic heterocycles. The number of aromatic nitrogens is 2. The first-order valence-electron chi connectivity index (χ1n) is 8.23. The molecule has 0 bridgehead atoms. The third kappa shape index (κ3) is 4.27. The Labute approximate surface area is 162 Å². The van der Waals surface area contributed by atoms with Gasteiger partial charge in [-0.05, 0) is 37.6 Å². The number of nitrogens with zero attached hydrogens (tertiary/aromatic N) is 3. The van der Waals surface area contributed by atoms with Gasteiger partial charge in [0, 0.05) is 22.8 Å². The average molecular weight is 380 g/mol. The summed E-state index contributed by atoms with van der Waals surface area (Å²) in [6.45, 7) is 3.79. The van der Waals surface area contributed by atoms with E-state index >= 15 is 0 Å².